The summed E-state index contributed by atoms with van der Waals surface area (Å²) in [4.78, 5) is 11.6. The van der Waals surface area contributed by atoms with Crippen LogP contribution in [0.3, 0.4) is 0 Å². The molecule has 0 atom stereocenters. The molecule has 0 aliphatic heterocycles. The predicted octanol–water partition coefficient (Wildman–Crippen LogP) is 1.92. The van der Waals surface area contributed by atoms with Gasteiger partial charge < -0.3 is 19.9 Å². The summed E-state index contributed by atoms with van der Waals surface area (Å²) in [7, 11) is 0. The van der Waals surface area contributed by atoms with Crippen LogP contribution in [0.4, 0.5) is 0 Å². The number of ether oxygens (including phenoxy) is 2. The highest BCUT2D eigenvalue weighted by Crippen LogP contribution is 2.13. The number of hydrogen-bond donors (Lipinski definition) is 2. The number of rotatable bonds is 11. The van der Waals surface area contributed by atoms with Gasteiger partial charge in [0.1, 0.15) is 5.75 Å². The first-order valence-electron chi connectivity index (χ1n) is 7.84. The largest absolute Gasteiger partial charge is 0.494 e. The molecule has 0 fully saturated rings. The van der Waals surface area contributed by atoms with Crippen LogP contribution >= 0.6 is 0 Å². The van der Waals surface area contributed by atoms with Crippen LogP contribution in [-0.2, 0) is 16.0 Å². The first kappa shape index (κ1) is 18.5. The van der Waals surface area contributed by atoms with Gasteiger partial charge in [-0.25, -0.2) is 0 Å². The number of carbonyl (C=O) groups is 1. The number of aliphatic hydroxyl groups excluding tert-OH is 1. The molecule has 0 bridgehead atoms. The zero-order valence-electron chi connectivity index (χ0n) is 13.5. The van der Waals surface area contributed by atoms with E-state index in [1.165, 1.54) is 0 Å². The molecule has 0 aromatic heterocycles. The van der Waals surface area contributed by atoms with E-state index in [0.29, 0.717) is 6.61 Å². The minimum absolute atomic E-state index is 0.0823. The Bertz CT molecular complexity index is 417. The van der Waals surface area contributed by atoms with Crippen molar-refractivity contribution in [3.63, 3.8) is 0 Å². The summed E-state index contributed by atoms with van der Waals surface area (Å²) < 4.78 is 10.7. The Kier molecular flexibility index (Phi) is 9.26. The zero-order valence-corrected chi connectivity index (χ0v) is 13.5. The van der Waals surface area contributed by atoms with Gasteiger partial charge in [0, 0.05) is 6.61 Å². The lowest BCUT2D eigenvalue weighted by molar-refractivity contribution is -0.146. The van der Waals surface area contributed by atoms with Gasteiger partial charge in [0.05, 0.1) is 19.1 Å². The van der Waals surface area contributed by atoms with Gasteiger partial charge in [0.2, 0.25) is 0 Å². The van der Waals surface area contributed by atoms with Crippen LogP contribution in [0.1, 0.15) is 32.3 Å². The SMILES string of the molecule is CC(C)OC(=O)Cc1ccc(OCCCNCCCO)cc1. The predicted molar refractivity (Wildman–Crippen MR) is 86.1 cm³/mol. The zero-order chi connectivity index (χ0) is 16.2. The molecule has 5 heteroatoms. The minimum Gasteiger partial charge on any atom is -0.494 e. The van der Waals surface area contributed by atoms with Crippen LogP contribution in [0.2, 0.25) is 0 Å². The van der Waals surface area contributed by atoms with Crippen molar-refractivity contribution < 1.29 is 19.4 Å². The van der Waals surface area contributed by atoms with Crippen LogP contribution < -0.4 is 10.1 Å². The standard InChI is InChI=1S/C17H27NO4/c1-14(2)22-17(20)13-15-5-7-16(8-6-15)21-12-4-10-18-9-3-11-19/h5-8,14,18-19H,3-4,9-13H2,1-2H3. The van der Waals surface area contributed by atoms with Crippen molar-refractivity contribution in [3.8, 4) is 5.75 Å². The van der Waals surface area contributed by atoms with Gasteiger partial charge in [-0.2, -0.15) is 0 Å². The topological polar surface area (TPSA) is 67.8 Å². The molecule has 0 saturated carbocycles. The Morgan fingerprint density at radius 2 is 1.86 bits per heavy atom. The van der Waals surface area contributed by atoms with E-state index in [9.17, 15) is 4.79 Å². The summed E-state index contributed by atoms with van der Waals surface area (Å²) in [5, 5.41) is 11.9. The molecule has 0 unspecified atom stereocenters. The second-order valence-electron chi connectivity index (χ2n) is 5.39. The van der Waals surface area contributed by atoms with E-state index in [2.05, 4.69) is 5.32 Å². The number of nitrogens with one attached hydrogen (secondary N) is 1. The maximum absolute atomic E-state index is 11.6. The number of aliphatic hydroxyl groups is 1. The second kappa shape index (κ2) is 11.0. The molecular weight excluding hydrogens is 282 g/mol. The van der Waals surface area contributed by atoms with Crippen molar-refractivity contribution in [3.05, 3.63) is 29.8 Å². The smallest absolute Gasteiger partial charge is 0.310 e. The molecule has 0 aliphatic carbocycles. The Morgan fingerprint density at radius 1 is 1.18 bits per heavy atom. The molecule has 1 aromatic rings. The van der Waals surface area contributed by atoms with E-state index in [0.717, 1.165) is 37.2 Å². The third-order valence-electron chi connectivity index (χ3n) is 2.92. The van der Waals surface area contributed by atoms with E-state index in [4.69, 9.17) is 14.6 Å². The van der Waals surface area contributed by atoms with E-state index in [-0.39, 0.29) is 25.1 Å². The fourth-order valence-electron chi connectivity index (χ4n) is 1.89. The molecule has 22 heavy (non-hydrogen) atoms. The average molecular weight is 309 g/mol. The van der Waals surface area contributed by atoms with E-state index in [1.54, 1.807) is 0 Å². The molecule has 1 rings (SSSR count). The van der Waals surface area contributed by atoms with Gasteiger partial charge in [0.25, 0.3) is 0 Å². The number of benzene rings is 1. The van der Waals surface area contributed by atoms with Gasteiger partial charge in [-0.15, -0.1) is 0 Å². The summed E-state index contributed by atoms with van der Waals surface area (Å²) in [5.74, 6) is 0.592. The first-order valence-corrected chi connectivity index (χ1v) is 7.84. The molecule has 0 amide bonds. The fourth-order valence-corrected chi connectivity index (χ4v) is 1.89. The lowest BCUT2D eigenvalue weighted by atomic mass is 10.1. The van der Waals surface area contributed by atoms with Crippen molar-refractivity contribution in [1.82, 2.24) is 5.32 Å². The highest BCUT2D eigenvalue weighted by Gasteiger charge is 2.06. The Hall–Kier alpha value is -1.59. The van der Waals surface area contributed by atoms with Crippen LogP contribution in [0.15, 0.2) is 24.3 Å². The second-order valence-corrected chi connectivity index (χ2v) is 5.39. The van der Waals surface area contributed by atoms with E-state index >= 15 is 0 Å². The van der Waals surface area contributed by atoms with Crippen LogP contribution in [0.25, 0.3) is 0 Å². The normalized spacial score (nSPS) is 10.7. The minimum atomic E-state index is -0.211. The van der Waals surface area contributed by atoms with Gasteiger partial charge in [-0.1, -0.05) is 12.1 Å². The van der Waals surface area contributed by atoms with Crippen molar-refractivity contribution >= 4 is 5.97 Å². The Balaban J connectivity index is 2.20. The van der Waals surface area contributed by atoms with Crippen molar-refractivity contribution in [2.75, 3.05) is 26.3 Å². The van der Waals surface area contributed by atoms with Gasteiger partial charge in [-0.05, 0) is 57.5 Å². The molecule has 1 aromatic carbocycles. The Morgan fingerprint density at radius 3 is 2.50 bits per heavy atom. The number of carbonyl (C=O) groups excluding carboxylic acids is 1. The van der Waals surface area contributed by atoms with E-state index < -0.39 is 0 Å². The molecule has 0 radical (unpaired) electrons. The number of hydrogen-bond acceptors (Lipinski definition) is 5. The molecule has 0 aliphatic rings. The van der Waals surface area contributed by atoms with E-state index in [1.807, 2.05) is 38.1 Å². The average Bonchev–Trinajstić information content (AvgIpc) is 2.47. The van der Waals surface area contributed by atoms with Gasteiger partial charge >= 0.3 is 5.97 Å². The summed E-state index contributed by atoms with van der Waals surface area (Å²) in [6.07, 6.45) is 1.89. The Labute approximate surface area is 132 Å². The van der Waals surface area contributed by atoms with Gasteiger partial charge in [0.15, 0.2) is 0 Å². The molecule has 0 saturated heterocycles. The van der Waals surface area contributed by atoms with Crippen molar-refractivity contribution in [2.45, 2.75) is 39.2 Å². The molecule has 124 valence electrons. The third-order valence-corrected chi connectivity index (χ3v) is 2.92. The first-order chi connectivity index (χ1) is 10.6. The van der Waals surface area contributed by atoms with Crippen LogP contribution in [0, 0.1) is 0 Å². The molecular formula is C17H27NO4. The molecule has 2 N–H and O–H groups in total. The fraction of sp³-hybridized carbons (Fsp3) is 0.588. The number of esters is 1. The summed E-state index contributed by atoms with van der Waals surface area (Å²) in [6.45, 7) is 6.25. The monoisotopic (exact) mass is 309 g/mol. The van der Waals surface area contributed by atoms with Crippen LogP contribution in [-0.4, -0.2) is 43.5 Å². The maximum atomic E-state index is 11.6. The quantitative estimate of drug-likeness (QED) is 0.483. The highest BCUT2D eigenvalue weighted by atomic mass is 16.5. The highest BCUT2D eigenvalue weighted by molar-refractivity contribution is 5.72. The lowest BCUT2D eigenvalue weighted by Crippen LogP contribution is -2.19. The van der Waals surface area contributed by atoms with Crippen LogP contribution in [0.5, 0.6) is 5.75 Å². The third kappa shape index (κ3) is 8.64. The maximum Gasteiger partial charge on any atom is 0.310 e. The van der Waals surface area contributed by atoms with Crippen molar-refractivity contribution in [2.24, 2.45) is 0 Å². The lowest BCUT2D eigenvalue weighted by Gasteiger charge is -2.09. The summed E-state index contributed by atoms with van der Waals surface area (Å²) >= 11 is 0. The molecule has 5 nitrogen and oxygen atoms in total. The van der Waals surface area contributed by atoms with Gasteiger partial charge in [-0.3, -0.25) is 4.79 Å². The summed E-state index contributed by atoms with van der Waals surface area (Å²) in [5.41, 5.74) is 0.920. The summed E-state index contributed by atoms with van der Waals surface area (Å²) in [6, 6.07) is 7.52. The molecule has 0 spiro atoms. The molecule has 0 heterocycles. The van der Waals surface area contributed by atoms with Crippen molar-refractivity contribution in [1.29, 1.82) is 0 Å².